The molecule has 0 bridgehead atoms. The third-order valence-electron chi connectivity index (χ3n) is 17.2. The first-order valence-corrected chi connectivity index (χ1v) is 21.6. The van der Waals surface area contributed by atoms with Crippen LogP contribution in [-0.4, -0.2) is 12.1 Å². The van der Waals surface area contributed by atoms with Crippen LogP contribution in [0.5, 0.6) is 0 Å². The van der Waals surface area contributed by atoms with E-state index < -0.39 is 0 Å². The van der Waals surface area contributed by atoms with Gasteiger partial charge in [-0.2, -0.15) is 0 Å². The van der Waals surface area contributed by atoms with E-state index in [1.165, 1.54) is 140 Å². The third kappa shape index (κ3) is 7.14. The van der Waals surface area contributed by atoms with Gasteiger partial charge < -0.3 is 4.74 Å². The number of fused-ring (bicyclic) bond motifs is 7. The van der Waals surface area contributed by atoms with Crippen molar-refractivity contribution in [3.05, 3.63) is 12.2 Å². The molecule has 0 saturated heterocycles. The van der Waals surface area contributed by atoms with Crippen LogP contribution in [0.3, 0.4) is 0 Å². The molecule has 0 aromatic carbocycles. The first-order chi connectivity index (χ1) is 22.7. The van der Waals surface area contributed by atoms with Crippen molar-refractivity contribution in [1.29, 1.82) is 0 Å². The van der Waals surface area contributed by atoms with Crippen LogP contribution in [0.1, 0.15) is 209 Å². The average Bonchev–Trinajstić information content (AvgIpc) is 3.39. The summed E-state index contributed by atoms with van der Waals surface area (Å²) in [5.74, 6) is 3.89. The first kappa shape index (κ1) is 38.4. The van der Waals surface area contributed by atoms with E-state index >= 15 is 0 Å². The maximum Gasteiger partial charge on any atom is 0.306 e. The zero-order chi connectivity index (χ0) is 34.8. The number of rotatable bonds is 16. The van der Waals surface area contributed by atoms with Gasteiger partial charge in [0, 0.05) is 11.8 Å². The molecule has 2 heteroatoms. The summed E-state index contributed by atoms with van der Waals surface area (Å²) in [5, 5.41) is 0. The predicted molar refractivity (Wildman–Crippen MR) is 205 cm³/mol. The van der Waals surface area contributed by atoms with E-state index in [0.717, 1.165) is 36.5 Å². The SMILES string of the molecule is C=C(C)[C@@H]1CCC2(C)CC[C@]3(C)C(CCC4C5(C)CC[C@H](OC(=O)CCCCCCCCCCCCCCC)C(C)(C)[C@@H]5CCC43C)[C@@H]12. The topological polar surface area (TPSA) is 26.3 Å². The lowest BCUT2D eigenvalue weighted by molar-refractivity contribution is -0.249. The van der Waals surface area contributed by atoms with Crippen molar-refractivity contribution in [3.63, 3.8) is 0 Å². The highest BCUT2D eigenvalue weighted by atomic mass is 16.5. The number of ether oxygens (including phenoxy) is 1. The van der Waals surface area contributed by atoms with E-state index in [4.69, 9.17) is 4.74 Å². The minimum Gasteiger partial charge on any atom is -0.462 e. The molecular weight excluding hydrogens is 585 g/mol. The normalized spacial score (nSPS) is 41.5. The molecule has 5 unspecified atom stereocenters. The van der Waals surface area contributed by atoms with Gasteiger partial charge in [-0.1, -0.05) is 138 Å². The molecule has 276 valence electrons. The third-order valence-corrected chi connectivity index (χ3v) is 17.2. The Morgan fingerprint density at radius 2 is 1.25 bits per heavy atom. The molecule has 5 aliphatic rings. The fourth-order valence-electron chi connectivity index (χ4n) is 14.2. The molecule has 48 heavy (non-hydrogen) atoms. The van der Waals surface area contributed by atoms with Gasteiger partial charge >= 0.3 is 5.97 Å². The molecule has 0 aromatic heterocycles. The fourth-order valence-corrected chi connectivity index (χ4v) is 14.2. The predicted octanol–water partition coefficient (Wildman–Crippen LogP) is 14.1. The lowest BCUT2D eigenvalue weighted by Crippen LogP contribution is -2.66. The second-order valence-corrected chi connectivity index (χ2v) is 20.2. The highest BCUT2D eigenvalue weighted by molar-refractivity contribution is 5.69. The van der Waals surface area contributed by atoms with Crippen LogP contribution in [0.25, 0.3) is 0 Å². The Bertz CT molecular complexity index is 1090. The molecule has 5 aliphatic carbocycles. The van der Waals surface area contributed by atoms with Crippen molar-refractivity contribution in [2.24, 2.45) is 56.7 Å². The number of esters is 1. The molecule has 0 heterocycles. The van der Waals surface area contributed by atoms with E-state index in [2.05, 4.69) is 62.0 Å². The Labute approximate surface area is 299 Å². The summed E-state index contributed by atoms with van der Waals surface area (Å²) in [4.78, 5) is 13.2. The maximum absolute atomic E-state index is 13.2. The molecule has 10 atom stereocenters. The van der Waals surface area contributed by atoms with Crippen LogP contribution >= 0.6 is 0 Å². The number of carbonyl (C=O) groups excluding carboxylic acids is 1. The first-order valence-electron chi connectivity index (χ1n) is 21.6. The summed E-state index contributed by atoms with van der Waals surface area (Å²) < 4.78 is 6.42. The molecule has 2 nitrogen and oxygen atoms in total. The van der Waals surface area contributed by atoms with E-state index in [1.54, 1.807) is 0 Å². The van der Waals surface area contributed by atoms with Gasteiger partial charge in [-0.05, 0) is 129 Å². The Hall–Kier alpha value is -0.790. The van der Waals surface area contributed by atoms with Crippen molar-refractivity contribution in [1.82, 2.24) is 0 Å². The maximum atomic E-state index is 13.2. The van der Waals surface area contributed by atoms with Crippen molar-refractivity contribution in [3.8, 4) is 0 Å². The smallest absolute Gasteiger partial charge is 0.306 e. The Morgan fingerprint density at radius 1 is 0.646 bits per heavy atom. The quantitative estimate of drug-likeness (QED) is 0.0932. The van der Waals surface area contributed by atoms with Crippen LogP contribution in [0.4, 0.5) is 0 Å². The number of allylic oxidation sites excluding steroid dienone is 1. The molecular formula is C46H80O2. The number of unbranched alkanes of at least 4 members (excludes halogenated alkanes) is 12. The monoisotopic (exact) mass is 665 g/mol. The summed E-state index contributed by atoms with van der Waals surface area (Å²) in [7, 11) is 0. The summed E-state index contributed by atoms with van der Waals surface area (Å²) in [6, 6.07) is 0. The Kier molecular flexibility index (Phi) is 12.4. The van der Waals surface area contributed by atoms with Gasteiger partial charge in [-0.3, -0.25) is 4.79 Å². The van der Waals surface area contributed by atoms with Crippen molar-refractivity contribution < 1.29 is 9.53 Å². The summed E-state index contributed by atoms with van der Waals surface area (Å²) in [6.07, 6.45) is 31.4. The van der Waals surface area contributed by atoms with Gasteiger partial charge in [0.2, 0.25) is 0 Å². The van der Waals surface area contributed by atoms with Crippen LogP contribution in [0.15, 0.2) is 12.2 Å². The molecule has 0 amide bonds. The largest absolute Gasteiger partial charge is 0.462 e. The molecule has 0 radical (unpaired) electrons. The summed E-state index contributed by atoms with van der Waals surface area (Å²) in [5.41, 5.74) is 3.19. The molecule has 0 aliphatic heterocycles. The molecule has 0 aromatic rings. The van der Waals surface area contributed by atoms with Crippen LogP contribution in [0.2, 0.25) is 0 Å². The van der Waals surface area contributed by atoms with Crippen LogP contribution in [-0.2, 0) is 9.53 Å². The van der Waals surface area contributed by atoms with Crippen molar-refractivity contribution >= 4 is 5.97 Å². The molecule has 5 saturated carbocycles. The Morgan fingerprint density at radius 3 is 1.85 bits per heavy atom. The standard InChI is InChI=1S/C46H80O2/c1-10-11-12-13-14-15-16-17-18-19-20-21-22-23-40(47)48-39-28-30-44(7)37(42(39,4)5)27-31-46(9)38(44)25-24-36-41-35(34(2)3)26-29-43(41,6)32-33-45(36,46)8/h35-39,41H,2,10-33H2,1,3-9H3/t35-,36?,37-,38?,39-,41+,43?,44?,45+,46?/m0/s1. The second-order valence-electron chi connectivity index (χ2n) is 20.2. The van der Waals surface area contributed by atoms with Crippen LogP contribution < -0.4 is 0 Å². The minimum absolute atomic E-state index is 0.0411. The van der Waals surface area contributed by atoms with Crippen LogP contribution in [0, 0.1) is 56.7 Å². The van der Waals surface area contributed by atoms with Crippen molar-refractivity contribution in [2.75, 3.05) is 0 Å². The zero-order valence-corrected chi connectivity index (χ0v) is 33.5. The summed E-state index contributed by atoms with van der Waals surface area (Å²) in [6.45, 7) is 25.0. The van der Waals surface area contributed by atoms with E-state index in [1.807, 2.05) is 0 Å². The van der Waals surface area contributed by atoms with Gasteiger partial charge in [0.05, 0.1) is 0 Å². The van der Waals surface area contributed by atoms with E-state index in [9.17, 15) is 4.79 Å². The second kappa shape index (κ2) is 15.4. The molecule has 0 N–H and O–H groups in total. The number of carbonyl (C=O) groups is 1. The van der Waals surface area contributed by atoms with Gasteiger partial charge in [0.15, 0.2) is 0 Å². The number of hydrogen-bond donors (Lipinski definition) is 0. The lowest BCUT2D eigenvalue weighted by atomic mass is 9.32. The van der Waals surface area contributed by atoms with Gasteiger partial charge in [-0.25, -0.2) is 0 Å². The minimum atomic E-state index is 0.0411. The fraction of sp³-hybridized carbons (Fsp3) is 0.935. The Balaban J connectivity index is 1.11. The van der Waals surface area contributed by atoms with Crippen molar-refractivity contribution in [2.45, 2.75) is 216 Å². The van der Waals surface area contributed by atoms with Gasteiger partial charge in [0.25, 0.3) is 0 Å². The highest BCUT2D eigenvalue weighted by Crippen LogP contribution is 2.77. The summed E-state index contributed by atoms with van der Waals surface area (Å²) >= 11 is 0. The lowest BCUT2D eigenvalue weighted by Gasteiger charge is -2.73. The molecule has 5 rings (SSSR count). The molecule has 0 spiro atoms. The zero-order valence-electron chi connectivity index (χ0n) is 33.5. The van der Waals surface area contributed by atoms with E-state index in [-0.39, 0.29) is 17.5 Å². The average molecular weight is 665 g/mol. The van der Waals surface area contributed by atoms with E-state index in [0.29, 0.717) is 34.0 Å². The molecule has 5 fully saturated rings. The number of hydrogen-bond acceptors (Lipinski definition) is 2. The van der Waals surface area contributed by atoms with Gasteiger partial charge in [0.1, 0.15) is 6.10 Å². The highest BCUT2D eigenvalue weighted by Gasteiger charge is 2.70. The van der Waals surface area contributed by atoms with Gasteiger partial charge in [-0.15, -0.1) is 0 Å².